The molecule has 1 amide bonds. The second-order valence-electron chi connectivity index (χ2n) is 6.84. The van der Waals surface area contributed by atoms with Crippen LogP contribution in [-0.4, -0.2) is 53.2 Å². The Balaban J connectivity index is 1.71. The lowest BCUT2D eigenvalue weighted by Gasteiger charge is -2.30. The van der Waals surface area contributed by atoms with Crippen LogP contribution in [0.3, 0.4) is 0 Å². The standard InChI is InChI=1S/C19H22FN4O6P/c1-28-31(27,29-2)15-3-4-18(16(20)9-15)30-12-13-11-22-24(17(13)10-21)14-5-7-23(8-6-14)19(25)26/h3-4,9,11,14H,5-8,12H2,1-2H3,(H,25,26). The van der Waals surface area contributed by atoms with Crippen LogP contribution in [-0.2, 0) is 20.2 Å². The van der Waals surface area contributed by atoms with Crippen molar-refractivity contribution >= 4 is 19.0 Å². The van der Waals surface area contributed by atoms with Crippen molar-refractivity contribution in [3.05, 3.63) is 41.5 Å². The number of piperidine rings is 1. The van der Waals surface area contributed by atoms with Crippen molar-refractivity contribution in [1.29, 1.82) is 5.26 Å². The summed E-state index contributed by atoms with van der Waals surface area (Å²) in [6.07, 6.45) is 1.60. The SMILES string of the molecule is COP(=O)(OC)c1ccc(OCc2cnn(C3CCN(C(=O)O)CC3)c2C#N)c(F)c1. The summed E-state index contributed by atoms with van der Waals surface area (Å²) in [6, 6.07) is 5.71. The van der Waals surface area contributed by atoms with E-state index in [-0.39, 0.29) is 29.4 Å². The molecule has 1 aliphatic heterocycles. The molecule has 0 radical (unpaired) electrons. The minimum atomic E-state index is -3.59. The number of rotatable bonds is 7. The number of likely N-dealkylation sites (tertiary alicyclic amines) is 1. The van der Waals surface area contributed by atoms with Crippen molar-refractivity contribution < 1.29 is 32.6 Å². The minimum Gasteiger partial charge on any atom is -0.486 e. The molecule has 1 saturated heterocycles. The smallest absolute Gasteiger partial charge is 0.407 e. The quantitative estimate of drug-likeness (QED) is 0.636. The fourth-order valence-electron chi connectivity index (χ4n) is 3.42. The number of amides is 1. The van der Waals surface area contributed by atoms with Gasteiger partial charge in [0.15, 0.2) is 11.6 Å². The maximum Gasteiger partial charge on any atom is 0.407 e. The number of benzene rings is 1. The number of carbonyl (C=O) groups is 1. The van der Waals surface area contributed by atoms with Gasteiger partial charge in [0.05, 0.1) is 17.5 Å². The van der Waals surface area contributed by atoms with Crippen molar-refractivity contribution in [2.24, 2.45) is 0 Å². The summed E-state index contributed by atoms with van der Waals surface area (Å²) >= 11 is 0. The summed E-state index contributed by atoms with van der Waals surface area (Å²) in [5, 5.41) is 23.0. The van der Waals surface area contributed by atoms with Gasteiger partial charge in [0.1, 0.15) is 18.4 Å². The number of carboxylic acid groups (broad SMARTS) is 1. The van der Waals surface area contributed by atoms with Crippen molar-refractivity contribution in [3.63, 3.8) is 0 Å². The highest BCUT2D eigenvalue weighted by molar-refractivity contribution is 7.62. The van der Waals surface area contributed by atoms with E-state index in [1.807, 2.05) is 0 Å². The zero-order chi connectivity index (χ0) is 22.6. The van der Waals surface area contributed by atoms with Crippen LogP contribution in [0.1, 0.15) is 30.1 Å². The second kappa shape index (κ2) is 9.47. The van der Waals surface area contributed by atoms with Crippen molar-refractivity contribution in [2.45, 2.75) is 25.5 Å². The predicted octanol–water partition coefficient (Wildman–Crippen LogP) is 2.90. The lowest BCUT2D eigenvalue weighted by molar-refractivity contribution is 0.123. The number of halogens is 1. The van der Waals surface area contributed by atoms with Gasteiger partial charge in [-0.2, -0.15) is 10.4 Å². The predicted molar refractivity (Wildman–Crippen MR) is 107 cm³/mol. The summed E-state index contributed by atoms with van der Waals surface area (Å²) in [6.45, 7) is 0.626. The highest BCUT2D eigenvalue weighted by Gasteiger charge is 2.27. The first-order valence-electron chi connectivity index (χ1n) is 9.41. The van der Waals surface area contributed by atoms with Crippen molar-refractivity contribution in [3.8, 4) is 11.8 Å². The summed E-state index contributed by atoms with van der Waals surface area (Å²) < 4.78 is 43.6. The maximum absolute atomic E-state index is 14.4. The van der Waals surface area contributed by atoms with Gasteiger partial charge in [-0.3, -0.25) is 9.25 Å². The normalized spacial score (nSPS) is 15.0. The van der Waals surface area contributed by atoms with Gasteiger partial charge in [0.25, 0.3) is 0 Å². The van der Waals surface area contributed by atoms with E-state index in [2.05, 4.69) is 11.2 Å². The van der Waals surface area contributed by atoms with Crippen LogP contribution >= 0.6 is 7.60 Å². The molecule has 2 heterocycles. The molecule has 166 valence electrons. The molecule has 0 bridgehead atoms. The first-order valence-corrected chi connectivity index (χ1v) is 11.0. The third-order valence-corrected chi connectivity index (χ3v) is 7.03. The Morgan fingerprint density at radius 3 is 2.58 bits per heavy atom. The largest absolute Gasteiger partial charge is 0.486 e. The Morgan fingerprint density at radius 1 is 1.35 bits per heavy atom. The summed E-state index contributed by atoms with van der Waals surface area (Å²) in [4.78, 5) is 12.4. The number of hydrogen-bond acceptors (Lipinski definition) is 7. The fourth-order valence-corrected chi connectivity index (χ4v) is 4.52. The number of aromatic nitrogens is 2. The molecule has 0 aliphatic carbocycles. The molecule has 1 aromatic heterocycles. The monoisotopic (exact) mass is 452 g/mol. The Bertz CT molecular complexity index is 1040. The lowest BCUT2D eigenvalue weighted by Crippen LogP contribution is -2.38. The van der Waals surface area contributed by atoms with E-state index in [0.29, 0.717) is 31.5 Å². The molecule has 0 atom stereocenters. The number of nitrogens with zero attached hydrogens (tertiary/aromatic N) is 4. The molecular weight excluding hydrogens is 430 g/mol. The Hall–Kier alpha value is -2.93. The van der Waals surface area contributed by atoms with Gasteiger partial charge in [-0.1, -0.05) is 0 Å². The number of ether oxygens (including phenoxy) is 1. The Morgan fingerprint density at radius 2 is 2.03 bits per heavy atom. The molecule has 0 unspecified atom stereocenters. The third kappa shape index (κ3) is 4.71. The average molecular weight is 452 g/mol. The van der Waals surface area contributed by atoms with Gasteiger partial charge < -0.3 is 23.8 Å². The Labute approximate surface area is 178 Å². The molecule has 3 rings (SSSR count). The summed E-state index contributed by atoms with van der Waals surface area (Å²) in [7, 11) is -1.17. The van der Waals surface area contributed by atoms with Gasteiger partial charge >= 0.3 is 13.7 Å². The van der Waals surface area contributed by atoms with Crippen LogP contribution in [0.2, 0.25) is 0 Å². The van der Waals surface area contributed by atoms with Gasteiger partial charge in [-0.05, 0) is 31.0 Å². The van der Waals surface area contributed by atoms with Crippen LogP contribution < -0.4 is 10.0 Å². The van der Waals surface area contributed by atoms with Gasteiger partial charge in [-0.25, -0.2) is 9.18 Å². The van der Waals surface area contributed by atoms with Crippen LogP contribution in [0.4, 0.5) is 9.18 Å². The molecule has 10 nitrogen and oxygen atoms in total. The molecule has 1 N–H and O–H groups in total. The molecule has 1 fully saturated rings. The zero-order valence-electron chi connectivity index (χ0n) is 17.0. The van der Waals surface area contributed by atoms with Crippen molar-refractivity contribution in [1.82, 2.24) is 14.7 Å². The van der Waals surface area contributed by atoms with E-state index in [1.165, 1.54) is 37.4 Å². The molecular formula is C19H22FN4O6P. The van der Waals surface area contributed by atoms with E-state index in [0.717, 1.165) is 6.07 Å². The van der Waals surface area contributed by atoms with Crippen LogP contribution in [0.25, 0.3) is 0 Å². The Kier molecular flexibility index (Phi) is 6.95. The van der Waals surface area contributed by atoms with Crippen LogP contribution in [0, 0.1) is 17.1 Å². The lowest BCUT2D eigenvalue weighted by atomic mass is 10.1. The van der Waals surface area contributed by atoms with E-state index in [4.69, 9.17) is 18.9 Å². The minimum absolute atomic E-state index is 0.0561. The maximum atomic E-state index is 14.4. The van der Waals surface area contributed by atoms with Gasteiger partial charge in [-0.15, -0.1) is 0 Å². The second-order valence-corrected chi connectivity index (χ2v) is 9.08. The molecule has 1 aliphatic rings. The first-order chi connectivity index (χ1) is 14.8. The molecule has 31 heavy (non-hydrogen) atoms. The number of nitriles is 1. The molecule has 1 aromatic carbocycles. The number of hydrogen-bond donors (Lipinski definition) is 1. The molecule has 12 heteroatoms. The van der Waals surface area contributed by atoms with Crippen LogP contribution in [0.15, 0.2) is 24.4 Å². The topological polar surface area (TPSA) is 127 Å². The first kappa shape index (κ1) is 22.7. The van der Waals surface area contributed by atoms with E-state index in [9.17, 15) is 19.0 Å². The average Bonchev–Trinajstić information content (AvgIpc) is 3.20. The molecule has 0 saturated carbocycles. The van der Waals surface area contributed by atoms with E-state index >= 15 is 0 Å². The molecule has 0 spiro atoms. The van der Waals surface area contributed by atoms with Crippen molar-refractivity contribution in [2.75, 3.05) is 27.3 Å². The zero-order valence-corrected chi connectivity index (χ0v) is 17.9. The van der Waals surface area contributed by atoms with Crippen LogP contribution in [0.5, 0.6) is 5.75 Å². The van der Waals surface area contributed by atoms with Gasteiger partial charge in [0, 0.05) is 32.9 Å². The molecule has 2 aromatic rings. The third-order valence-electron chi connectivity index (χ3n) is 5.15. The highest BCUT2D eigenvalue weighted by Crippen LogP contribution is 2.45. The fraction of sp³-hybridized carbons (Fsp3) is 0.421. The van der Waals surface area contributed by atoms with Gasteiger partial charge in [0.2, 0.25) is 0 Å². The van der Waals surface area contributed by atoms with E-state index < -0.39 is 19.5 Å². The summed E-state index contributed by atoms with van der Waals surface area (Å²) in [5.74, 6) is -0.840. The highest BCUT2D eigenvalue weighted by atomic mass is 31.2. The summed E-state index contributed by atoms with van der Waals surface area (Å²) in [5.41, 5.74) is 0.764. The van der Waals surface area contributed by atoms with E-state index in [1.54, 1.807) is 4.68 Å².